The van der Waals surface area contributed by atoms with Crippen molar-refractivity contribution in [3.63, 3.8) is 0 Å². The molecule has 0 aromatic heterocycles. The van der Waals surface area contributed by atoms with Crippen LogP contribution in [0.3, 0.4) is 0 Å². The SMILES string of the molecule is CC1(C)OB(c2ccc([C@@H]3OC(COCc4ccccc4)[C@H](OCc4ccccc4)[C@H](OCc4ccccc4)C3OCc3ccccc3)cc2)OC1(C)C. The Labute approximate surface area is 320 Å². The van der Waals surface area contributed by atoms with E-state index in [1.165, 1.54) is 0 Å². The smallest absolute Gasteiger partial charge is 0.399 e. The van der Waals surface area contributed by atoms with Gasteiger partial charge >= 0.3 is 7.12 Å². The Kier molecular flexibility index (Phi) is 12.4. The molecule has 0 spiro atoms. The Morgan fingerprint density at radius 2 is 0.889 bits per heavy atom. The highest BCUT2D eigenvalue weighted by Gasteiger charge is 2.52. The van der Waals surface area contributed by atoms with Crippen LogP contribution in [-0.2, 0) is 59.4 Å². The van der Waals surface area contributed by atoms with Crippen LogP contribution in [0.15, 0.2) is 146 Å². The molecule has 5 aromatic carbocycles. The third-order valence-electron chi connectivity index (χ3n) is 10.7. The van der Waals surface area contributed by atoms with Crippen molar-refractivity contribution in [1.29, 1.82) is 0 Å². The molecule has 280 valence electrons. The van der Waals surface area contributed by atoms with Gasteiger partial charge in [-0.15, -0.1) is 0 Å². The lowest BCUT2D eigenvalue weighted by atomic mass is 9.78. The fourth-order valence-electron chi connectivity index (χ4n) is 6.88. The van der Waals surface area contributed by atoms with Gasteiger partial charge < -0.3 is 33.0 Å². The van der Waals surface area contributed by atoms with Crippen LogP contribution < -0.4 is 5.46 Å². The normalized spacial score (nSPS) is 23.3. The lowest BCUT2D eigenvalue weighted by molar-refractivity contribution is -0.275. The number of rotatable bonds is 15. The first-order valence-corrected chi connectivity index (χ1v) is 18.9. The van der Waals surface area contributed by atoms with Crippen LogP contribution in [0.2, 0.25) is 0 Å². The van der Waals surface area contributed by atoms with Crippen molar-refractivity contribution in [3.05, 3.63) is 173 Å². The van der Waals surface area contributed by atoms with Gasteiger partial charge in [0.2, 0.25) is 0 Å². The first kappa shape index (κ1) is 38.2. The molecule has 2 heterocycles. The highest BCUT2D eigenvalue weighted by atomic mass is 16.7. The molecule has 5 aromatic rings. The van der Waals surface area contributed by atoms with Crippen molar-refractivity contribution >= 4 is 12.6 Å². The third kappa shape index (κ3) is 9.39. The standard InChI is InChI=1S/C46H51BO7/c1-45(2)46(3,4)54-47(53-45)39-27-25-38(26-28-39)41-43(50-31-36-21-13-7-14-22-36)44(51-32-37-23-15-8-16-24-37)42(49-30-35-19-11-6-12-20-35)40(52-41)33-48-29-34-17-9-5-10-18-34/h5-28,40-44H,29-33H2,1-4H3/t40?,41-,42-,43?,44-/m0/s1. The molecule has 2 unspecified atom stereocenters. The van der Waals surface area contributed by atoms with Gasteiger partial charge in [0, 0.05) is 0 Å². The molecule has 2 saturated heterocycles. The van der Waals surface area contributed by atoms with Gasteiger partial charge in [-0.05, 0) is 61.0 Å². The molecule has 0 amide bonds. The van der Waals surface area contributed by atoms with E-state index in [-0.39, 0.29) is 0 Å². The van der Waals surface area contributed by atoms with Gasteiger partial charge in [-0.25, -0.2) is 0 Å². The summed E-state index contributed by atoms with van der Waals surface area (Å²) in [6.07, 6.45) is -2.51. The number of ether oxygens (including phenoxy) is 5. The van der Waals surface area contributed by atoms with Crippen molar-refractivity contribution in [2.75, 3.05) is 6.61 Å². The molecule has 2 aliphatic rings. The highest BCUT2D eigenvalue weighted by Crippen LogP contribution is 2.40. The van der Waals surface area contributed by atoms with E-state index in [1.807, 2.05) is 72.8 Å². The van der Waals surface area contributed by atoms with Crippen LogP contribution in [0.4, 0.5) is 0 Å². The molecule has 5 atom stereocenters. The van der Waals surface area contributed by atoms with Crippen molar-refractivity contribution < 1.29 is 33.0 Å². The molecule has 7 nitrogen and oxygen atoms in total. The van der Waals surface area contributed by atoms with Crippen LogP contribution in [0.1, 0.15) is 61.6 Å². The molecular weight excluding hydrogens is 675 g/mol. The zero-order valence-corrected chi connectivity index (χ0v) is 31.7. The van der Waals surface area contributed by atoms with Gasteiger partial charge in [0.15, 0.2) is 0 Å². The van der Waals surface area contributed by atoms with Crippen LogP contribution in [-0.4, -0.2) is 49.3 Å². The van der Waals surface area contributed by atoms with Crippen LogP contribution >= 0.6 is 0 Å². The predicted octanol–water partition coefficient (Wildman–Crippen LogP) is 8.40. The molecule has 0 radical (unpaired) electrons. The van der Waals surface area contributed by atoms with Crippen molar-refractivity contribution in [2.24, 2.45) is 0 Å². The van der Waals surface area contributed by atoms with Gasteiger partial charge in [-0.1, -0.05) is 146 Å². The quantitative estimate of drug-likeness (QED) is 0.101. The predicted molar refractivity (Wildman–Crippen MR) is 211 cm³/mol. The van der Waals surface area contributed by atoms with E-state index in [4.69, 9.17) is 33.0 Å². The summed E-state index contributed by atoms with van der Waals surface area (Å²) in [6.45, 7) is 10.2. The van der Waals surface area contributed by atoms with E-state index in [1.54, 1.807) is 0 Å². The zero-order valence-electron chi connectivity index (χ0n) is 31.7. The lowest BCUT2D eigenvalue weighted by Gasteiger charge is -2.46. The summed E-state index contributed by atoms with van der Waals surface area (Å²) >= 11 is 0. The molecule has 7 rings (SSSR count). The maximum Gasteiger partial charge on any atom is 0.494 e. The Bertz CT molecular complexity index is 1840. The fraction of sp³-hybridized carbons (Fsp3) is 0.348. The topological polar surface area (TPSA) is 64.6 Å². The Morgan fingerprint density at radius 3 is 1.35 bits per heavy atom. The van der Waals surface area contributed by atoms with Crippen LogP contribution in [0.25, 0.3) is 0 Å². The first-order valence-electron chi connectivity index (χ1n) is 18.9. The summed E-state index contributed by atoms with van der Waals surface area (Å²) in [5.41, 5.74) is 5.29. The van der Waals surface area contributed by atoms with Gasteiger partial charge in [-0.3, -0.25) is 0 Å². The molecule has 0 bridgehead atoms. The second-order valence-electron chi connectivity index (χ2n) is 15.1. The van der Waals surface area contributed by atoms with Crippen molar-refractivity contribution in [2.45, 2.75) is 95.8 Å². The minimum atomic E-state index is -0.525. The average Bonchev–Trinajstić information content (AvgIpc) is 3.43. The maximum atomic E-state index is 7.11. The summed E-state index contributed by atoms with van der Waals surface area (Å²) in [5, 5.41) is 0. The van der Waals surface area contributed by atoms with E-state index in [2.05, 4.69) is 100 Å². The molecule has 54 heavy (non-hydrogen) atoms. The second-order valence-corrected chi connectivity index (χ2v) is 15.1. The maximum absolute atomic E-state index is 7.11. The summed E-state index contributed by atoms with van der Waals surface area (Å²) in [7, 11) is -0.474. The van der Waals surface area contributed by atoms with E-state index in [0.29, 0.717) is 33.0 Å². The largest absolute Gasteiger partial charge is 0.494 e. The molecule has 2 fully saturated rings. The highest BCUT2D eigenvalue weighted by molar-refractivity contribution is 6.62. The number of hydrogen-bond donors (Lipinski definition) is 0. The summed E-state index contributed by atoms with van der Waals surface area (Å²) < 4.78 is 46.9. The van der Waals surface area contributed by atoms with Crippen LogP contribution in [0, 0.1) is 0 Å². The zero-order chi connectivity index (χ0) is 37.4. The summed E-state index contributed by atoms with van der Waals surface area (Å²) in [6, 6.07) is 49.1. The van der Waals surface area contributed by atoms with E-state index in [0.717, 1.165) is 33.3 Å². The monoisotopic (exact) mass is 726 g/mol. The summed E-state index contributed by atoms with van der Waals surface area (Å²) in [5.74, 6) is 0. The minimum Gasteiger partial charge on any atom is -0.399 e. The first-order chi connectivity index (χ1) is 26.3. The Morgan fingerprint density at radius 1 is 0.481 bits per heavy atom. The van der Waals surface area contributed by atoms with Crippen molar-refractivity contribution in [3.8, 4) is 0 Å². The molecular formula is C46H51BO7. The number of hydrogen-bond acceptors (Lipinski definition) is 7. The molecule has 8 heteroatoms. The molecule has 0 aliphatic carbocycles. The average molecular weight is 727 g/mol. The second kappa shape index (κ2) is 17.6. The lowest BCUT2D eigenvalue weighted by Crippen LogP contribution is -2.58. The Hall–Kier alpha value is -4.12. The minimum absolute atomic E-state index is 0.299. The van der Waals surface area contributed by atoms with Gasteiger partial charge in [0.1, 0.15) is 30.5 Å². The van der Waals surface area contributed by atoms with Gasteiger partial charge in [0.25, 0.3) is 0 Å². The molecule has 0 saturated carbocycles. The van der Waals surface area contributed by atoms with E-state index >= 15 is 0 Å². The third-order valence-corrected chi connectivity index (χ3v) is 10.7. The Balaban J connectivity index is 1.23. The summed E-state index contributed by atoms with van der Waals surface area (Å²) in [4.78, 5) is 0. The van der Waals surface area contributed by atoms with Crippen molar-refractivity contribution in [1.82, 2.24) is 0 Å². The van der Waals surface area contributed by atoms with Gasteiger partial charge in [-0.2, -0.15) is 0 Å². The molecule has 2 aliphatic heterocycles. The van der Waals surface area contributed by atoms with Gasteiger partial charge in [0.05, 0.1) is 44.2 Å². The number of benzene rings is 5. The van der Waals surface area contributed by atoms with E-state index < -0.39 is 48.8 Å². The molecule has 0 N–H and O–H groups in total. The van der Waals surface area contributed by atoms with Crippen LogP contribution in [0.5, 0.6) is 0 Å². The fourth-order valence-corrected chi connectivity index (χ4v) is 6.88. The van der Waals surface area contributed by atoms with E-state index in [9.17, 15) is 0 Å².